The van der Waals surface area contributed by atoms with Gasteiger partial charge >= 0.3 is 0 Å². The molecular formula is C12H6Br2ClN3O2S. The molecule has 0 saturated heterocycles. The van der Waals surface area contributed by atoms with Crippen molar-refractivity contribution in [3.05, 3.63) is 50.9 Å². The molecule has 0 N–H and O–H groups in total. The highest BCUT2D eigenvalue weighted by Crippen LogP contribution is 2.38. The van der Waals surface area contributed by atoms with E-state index in [9.17, 15) is 8.42 Å². The van der Waals surface area contributed by atoms with Gasteiger partial charge in [-0.05, 0) is 44.0 Å². The summed E-state index contributed by atoms with van der Waals surface area (Å²) in [7, 11) is -3.80. The number of hydrogen-bond donors (Lipinski definition) is 0. The summed E-state index contributed by atoms with van der Waals surface area (Å²) < 4.78 is 27.5. The maximum atomic E-state index is 12.8. The molecule has 5 nitrogen and oxygen atoms in total. The zero-order valence-corrected chi connectivity index (χ0v) is 14.9. The predicted octanol–water partition coefficient (Wildman–Crippen LogP) is 3.85. The Morgan fingerprint density at radius 3 is 2.43 bits per heavy atom. The van der Waals surface area contributed by atoms with E-state index in [1.165, 1.54) is 18.5 Å². The van der Waals surface area contributed by atoms with Crippen LogP contribution in [0.15, 0.2) is 50.6 Å². The van der Waals surface area contributed by atoms with Gasteiger partial charge in [0.1, 0.15) is 16.1 Å². The molecule has 0 atom stereocenters. The summed E-state index contributed by atoms with van der Waals surface area (Å²) in [5.74, 6) is 0. The average Bonchev–Trinajstić information content (AvgIpc) is 2.73. The Labute approximate surface area is 142 Å². The number of halogens is 3. The lowest BCUT2D eigenvalue weighted by Gasteiger charge is -2.08. The topological polar surface area (TPSA) is 64.8 Å². The molecular weight excluding hydrogens is 445 g/mol. The molecule has 9 heteroatoms. The molecule has 0 aliphatic heterocycles. The fourth-order valence-corrected chi connectivity index (χ4v) is 5.22. The van der Waals surface area contributed by atoms with Crippen molar-refractivity contribution in [1.82, 2.24) is 13.9 Å². The Morgan fingerprint density at radius 2 is 1.76 bits per heavy atom. The van der Waals surface area contributed by atoms with Crippen LogP contribution in [0, 0.1) is 0 Å². The molecule has 1 aromatic carbocycles. The summed E-state index contributed by atoms with van der Waals surface area (Å²) in [5.41, 5.74) is 0.206. The maximum absolute atomic E-state index is 12.8. The largest absolute Gasteiger partial charge is 0.270 e. The lowest BCUT2D eigenvalue weighted by atomic mass is 10.4. The van der Waals surface area contributed by atoms with Crippen LogP contribution in [0.5, 0.6) is 0 Å². The lowest BCUT2D eigenvalue weighted by Crippen LogP contribution is -2.13. The summed E-state index contributed by atoms with van der Waals surface area (Å²) >= 11 is 12.6. The maximum Gasteiger partial charge on any atom is 0.270 e. The molecule has 0 radical (unpaired) electrons. The van der Waals surface area contributed by atoms with Crippen LogP contribution in [0.2, 0.25) is 5.15 Å². The van der Waals surface area contributed by atoms with Gasteiger partial charge in [0.05, 0.1) is 14.8 Å². The van der Waals surface area contributed by atoms with Crippen LogP contribution in [-0.4, -0.2) is 22.4 Å². The van der Waals surface area contributed by atoms with Crippen molar-refractivity contribution < 1.29 is 8.42 Å². The second kappa shape index (κ2) is 5.35. The van der Waals surface area contributed by atoms with Crippen molar-refractivity contribution in [2.75, 3.05) is 0 Å². The van der Waals surface area contributed by atoms with E-state index in [2.05, 4.69) is 41.8 Å². The van der Waals surface area contributed by atoms with E-state index in [0.717, 1.165) is 3.97 Å². The highest BCUT2D eigenvalue weighted by Gasteiger charge is 2.27. The predicted molar refractivity (Wildman–Crippen MR) is 87.0 cm³/mol. The molecule has 0 spiro atoms. The third kappa shape index (κ3) is 2.30. The molecule has 0 fully saturated rings. The summed E-state index contributed by atoms with van der Waals surface area (Å²) in [5, 5.41) is 0.611. The van der Waals surface area contributed by atoms with Crippen LogP contribution in [0.1, 0.15) is 0 Å². The highest BCUT2D eigenvalue weighted by molar-refractivity contribution is 9.13. The molecule has 0 unspecified atom stereocenters. The minimum absolute atomic E-state index is 0.157. The van der Waals surface area contributed by atoms with Crippen molar-refractivity contribution >= 4 is 64.5 Å². The van der Waals surface area contributed by atoms with Crippen LogP contribution in [-0.2, 0) is 10.0 Å². The summed E-state index contributed by atoms with van der Waals surface area (Å²) in [6, 6.07) is 8.10. The zero-order chi connectivity index (χ0) is 15.2. The van der Waals surface area contributed by atoms with Crippen LogP contribution < -0.4 is 0 Å². The molecule has 0 amide bonds. The number of hydrogen-bond acceptors (Lipinski definition) is 4. The van der Waals surface area contributed by atoms with E-state index >= 15 is 0 Å². The molecule has 0 aliphatic carbocycles. The molecule has 2 heterocycles. The van der Waals surface area contributed by atoms with Gasteiger partial charge in [-0.3, -0.25) is 0 Å². The second-order valence-electron chi connectivity index (χ2n) is 4.05. The normalized spacial score (nSPS) is 12.0. The van der Waals surface area contributed by atoms with E-state index in [0.29, 0.717) is 14.5 Å². The Kier molecular flexibility index (Phi) is 3.81. The first-order valence-corrected chi connectivity index (χ1v) is 9.01. The minimum Gasteiger partial charge on any atom is -0.224 e. The van der Waals surface area contributed by atoms with Gasteiger partial charge in [-0.2, -0.15) is 0 Å². The number of fused-ring (bicyclic) bond motifs is 1. The highest BCUT2D eigenvalue weighted by atomic mass is 79.9. The van der Waals surface area contributed by atoms with Crippen LogP contribution in [0.25, 0.3) is 11.0 Å². The Bertz CT molecular complexity index is 942. The van der Waals surface area contributed by atoms with Gasteiger partial charge < -0.3 is 0 Å². The zero-order valence-electron chi connectivity index (χ0n) is 10.2. The molecule has 0 aliphatic rings. The fraction of sp³-hybridized carbons (Fsp3) is 0. The van der Waals surface area contributed by atoms with E-state index in [-0.39, 0.29) is 15.7 Å². The lowest BCUT2D eigenvalue weighted by molar-refractivity contribution is 0.588. The van der Waals surface area contributed by atoms with Gasteiger partial charge in [0.2, 0.25) is 0 Å². The third-order valence-corrected chi connectivity index (χ3v) is 7.11. The quantitative estimate of drug-likeness (QED) is 0.556. The average molecular weight is 452 g/mol. The van der Waals surface area contributed by atoms with Crippen molar-refractivity contribution in [3.8, 4) is 0 Å². The van der Waals surface area contributed by atoms with E-state index < -0.39 is 10.0 Å². The van der Waals surface area contributed by atoms with Crippen LogP contribution in [0.3, 0.4) is 0 Å². The minimum atomic E-state index is -3.80. The molecule has 2 aromatic heterocycles. The SMILES string of the molecule is O=S(=O)(c1ccccc1)n1c(Br)c(Br)c2c(Cl)ncnc21. The van der Waals surface area contributed by atoms with Gasteiger partial charge in [0.25, 0.3) is 10.0 Å². The molecule has 3 aromatic rings. The van der Waals surface area contributed by atoms with Crippen LogP contribution >= 0.6 is 43.5 Å². The standard InChI is InChI=1S/C12H6Br2ClN3O2S/c13-9-8-11(15)16-6-17-12(8)18(10(9)14)21(19,20)7-4-2-1-3-5-7/h1-6H. The van der Waals surface area contributed by atoms with Crippen LogP contribution in [0.4, 0.5) is 0 Å². The number of aromatic nitrogens is 3. The third-order valence-electron chi connectivity index (χ3n) is 2.83. The monoisotopic (exact) mass is 449 g/mol. The summed E-state index contributed by atoms with van der Waals surface area (Å²) in [6.07, 6.45) is 1.22. The number of rotatable bonds is 2. The van der Waals surface area contributed by atoms with Gasteiger partial charge in [0.15, 0.2) is 5.65 Å². The van der Waals surface area contributed by atoms with Gasteiger partial charge in [0, 0.05) is 0 Å². The second-order valence-corrected chi connectivity index (χ2v) is 7.74. The smallest absolute Gasteiger partial charge is 0.224 e. The molecule has 108 valence electrons. The van der Waals surface area contributed by atoms with Crippen molar-refractivity contribution in [2.45, 2.75) is 4.90 Å². The molecule has 21 heavy (non-hydrogen) atoms. The summed E-state index contributed by atoms with van der Waals surface area (Å²) in [6.45, 7) is 0. The van der Waals surface area contributed by atoms with Crippen molar-refractivity contribution in [1.29, 1.82) is 0 Å². The Morgan fingerprint density at radius 1 is 1.10 bits per heavy atom. The summed E-state index contributed by atoms with van der Waals surface area (Å²) in [4.78, 5) is 8.07. The Balaban J connectivity index is 2.42. The van der Waals surface area contributed by atoms with Crippen molar-refractivity contribution in [2.24, 2.45) is 0 Å². The van der Waals surface area contributed by atoms with Gasteiger partial charge in [-0.25, -0.2) is 22.4 Å². The van der Waals surface area contributed by atoms with Gasteiger partial charge in [-0.15, -0.1) is 0 Å². The van der Waals surface area contributed by atoms with E-state index in [1.807, 2.05) is 0 Å². The van der Waals surface area contributed by atoms with E-state index in [1.54, 1.807) is 18.2 Å². The fourth-order valence-electron chi connectivity index (χ4n) is 1.90. The first-order valence-electron chi connectivity index (χ1n) is 5.61. The van der Waals surface area contributed by atoms with E-state index in [4.69, 9.17) is 11.6 Å². The van der Waals surface area contributed by atoms with Crippen molar-refractivity contribution in [3.63, 3.8) is 0 Å². The number of benzene rings is 1. The first-order chi connectivity index (χ1) is 9.94. The Hall–Kier alpha value is -0.960. The molecule has 3 rings (SSSR count). The number of nitrogens with zero attached hydrogens (tertiary/aromatic N) is 3. The van der Waals surface area contributed by atoms with Gasteiger partial charge in [-0.1, -0.05) is 29.8 Å². The molecule has 0 bridgehead atoms. The molecule has 0 saturated carbocycles. The first kappa shape index (κ1) is 15.0.